The van der Waals surface area contributed by atoms with Crippen molar-refractivity contribution in [2.45, 2.75) is 39.2 Å². The number of nitrogens with one attached hydrogen (secondary N) is 1. The number of aldehydes is 1. The molecule has 5 heteroatoms. The fraction of sp³-hybridized carbons (Fsp3) is 0.562. The van der Waals surface area contributed by atoms with Crippen LogP contribution in [0.5, 0.6) is 0 Å². The molecule has 0 amide bonds. The minimum Gasteiger partial charge on any atom is -0.493 e. The fourth-order valence-electron chi connectivity index (χ4n) is 2.58. The van der Waals surface area contributed by atoms with E-state index >= 15 is 0 Å². The second kappa shape index (κ2) is 10.3. The van der Waals surface area contributed by atoms with E-state index in [0.717, 1.165) is 42.9 Å². The van der Waals surface area contributed by atoms with Gasteiger partial charge in [-0.3, -0.25) is 0 Å². The fourth-order valence-corrected chi connectivity index (χ4v) is 3.27. The maximum Gasteiger partial charge on any atom is 0.120 e. The number of carbonyl (C=O) groups excluding carboxylic acids is 1. The van der Waals surface area contributed by atoms with Crippen LogP contribution in [0, 0.1) is 5.92 Å². The van der Waals surface area contributed by atoms with Gasteiger partial charge in [0.2, 0.25) is 0 Å². The van der Waals surface area contributed by atoms with Gasteiger partial charge in [0, 0.05) is 23.9 Å². The number of allylic oxidation sites excluding steroid dienone is 3. The van der Waals surface area contributed by atoms with Crippen LogP contribution in [-0.4, -0.2) is 24.7 Å². The van der Waals surface area contributed by atoms with Gasteiger partial charge in [-0.05, 0) is 65.5 Å². The average molecular weight is 421 g/mol. The van der Waals surface area contributed by atoms with Gasteiger partial charge in [-0.25, -0.2) is 0 Å². The van der Waals surface area contributed by atoms with Crippen LogP contribution in [0.25, 0.3) is 0 Å². The standard InChI is InChI=1S/C16H24INO2S/c1-4-16(20-9-10-21-17)14-5-6-15(18-12(2)3)13(11-14)7-8-19/h4-5,8,13,15,18H,2,6-7,9-11H2,1,3H3/b16-4-/t13-,15?/m0/s1. The molecule has 0 aromatic carbocycles. The Bertz CT molecular complexity index is 421. The summed E-state index contributed by atoms with van der Waals surface area (Å²) in [6, 6.07) is 0.291. The number of halogens is 1. The monoisotopic (exact) mass is 421 g/mol. The average Bonchev–Trinajstić information content (AvgIpc) is 2.45. The molecule has 0 radical (unpaired) electrons. The Morgan fingerprint density at radius 2 is 2.43 bits per heavy atom. The van der Waals surface area contributed by atoms with Gasteiger partial charge in [0.25, 0.3) is 0 Å². The highest BCUT2D eigenvalue weighted by molar-refractivity contribution is 14.2. The van der Waals surface area contributed by atoms with Gasteiger partial charge >= 0.3 is 0 Å². The molecule has 2 atom stereocenters. The third kappa shape index (κ3) is 6.46. The molecule has 1 aliphatic carbocycles. The van der Waals surface area contributed by atoms with Crippen LogP contribution in [0.3, 0.4) is 0 Å². The predicted molar refractivity (Wildman–Crippen MR) is 99.4 cm³/mol. The first kappa shape index (κ1) is 18.6. The molecule has 0 bridgehead atoms. The summed E-state index contributed by atoms with van der Waals surface area (Å²) in [4.78, 5) is 10.9. The van der Waals surface area contributed by atoms with E-state index < -0.39 is 0 Å². The highest BCUT2D eigenvalue weighted by atomic mass is 127. The van der Waals surface area contributed by atoms with Crippen LogP contribution >= 0.6 is 30.1 Å². The number of hydrogen-bond donors (Lipinski definition) is 1. The van der Waals surface area contributed by atoms with E-state index in [1.807, 2.05) is 19.9 Å². The molecule has 0 spiro atoms. The predicted octanol–water partition coefficient (Wildman–Crippen LogP) is 4.41. The molecule has 0 saturated heterocycles. The van der Waals surface area contributed by atoms with E-state index in [9.17, 15) is 4.79 Å². The summed E-state index contributed by atoms with van der Waals surface area (Å²) in [6.45, 7) is 8.58. The molecule has 1 N–H and O–H groups in total. The van der Waals surface area contributed by atoms with Crippen molar-refractivity contribution in [2.75, 3.05) is 12.4 Å². The Labute approximate surface area is 144 Å². The van der Waals surface area contributed by atoms with E-state index in [2.05, 4.69) is 39.2 Å². The molecule has 0 fully saturated rings. The van der Waals surface area contributed by atoms with Crippen molar-refractivity contribution in [2.24, 2.45) is 5.92 Å². The van der Waals surface area contributed by atoms with E-state index in [4.69, 9.17) is 4.74 Å². The molecule has 0 aromatic rings. The van der Waals surface area contributed by atoms with E-state index in [0.29, 0.717) is 18.4 Å². The van der Waals surface area contributed by atoms with Gasteiger partial charge in [-0.2, -0.15) is 0 Å². The van der Waals surface area contributed by atoms with E-state index in [-0.39, 0.29) is 0 Å². The highest BCUT2D eigenvalue weighted by Crippen LogP contribution is 2.31. The minimum absolute atomic E-state index is 0.291. The summed E-state index contributed by atoms with van der Waals surface area (Å²) < 4.78 is 5.85. The van der Waals surface area contributed by atoms with Crippen molar-refractivity contribution < 1.29 is 9.53 Å². The van der Waals surface area contributed by atoms with Crippen LogP contribution in [0.2, 0.25) is 0 Å². The number of hydrogen-bond acceptors (Lipinski definition) is 4. The minimum atomic E-state index is 0.291. The van der Waals surface area contributed by atoms with E-state index in [1.54, 1.807) is 8.93 Å². The molecule has 21 heavy (non-hydrogen) atoms. The molecule has 0 saturated carbocycles. The Kier molecular flexibility index (Phi) is 9.15. The zero-order valence-corrected chi connectivity index (χ0v) is 15.7. The van der Waals surface area contributed by atoms with Crippen LogP contribution in [0.4, 0.5) is 0 Å². The molecule has 0 heterocycles. The van der Waals surface area contributed by atoms with Crippen molar-refractivity contribution in [1.29, 1.82) is 0 Å². The molecule has 1 rings (SSSR count). The molecule has 0 aliphatic heterocycles. The third-order valence-electron chi connectivity index (χ3n) is 3.50. The smallest absolute Gasteiger partial charge is 0.120 e. The lowest BCUT2D eigenvalue weighted by atomic mass is 9.82. The Morgan fingerprint density at radius 3 is 3.00 bits per heavy atom. The summed E-state index contributed by atoms with van der Waals surface area (Å²) >= 11 is 2.28. The lowest BCUT2D eigenvalue weighted by Crippen LogP contribution is -2.37. The Balaban J connectivity index is 2.73. The van der Waals surface area contributed by atoms with Crippen LogP contribution < -0.4 is 5.32 Å². The first-order valence-corrected chi connectivity index (χ1v) is 10.7. The van der Waals surface area contributed by atoms with Crippen LogP contribution in [0.15, 0.2) is 35.8 Å². The van der Waals surface area contributed by atoms with Gasteiger partial charge in [0.05, 0.1) is 6.61 Å². The topological polar surface area (TPSA) is 38.3 Å². The largest absolute Gasteiger partial charge is 0.493 e. The van der Waals surface area contributed by atoms with Crippen LogP contribution in [0.1, 0.15) is 33.1 Å². The number of carbonyl (C=O) groups is 1. The summed E-state index contributed by atoms with van der Waals surface area (Å²) in [7, 11) is 1.75. The Hall–Kier alpha value is -0.430. The second-order valence-corrected chi connectivity index (χ2v) is 7.67. The number of rotatable bonds is 9. The van der Waals surface area contributed by atoms with Gasteiger partial charge < -0.3 is 14.8 Å². The molecular formula is C16H24INO2S. The normalized spacial score (nSPS) is 22.4. The van der Waals surface area contributed by atoms with Gasteiger partial charge in [0.15, 0.2) is 0 Å². The Morgan fingerprint density at radius 1 is 1.67 bits per heavy atom. The zero-order valence-electron chi connectivity index (χ0n) is 12.7. The molecule has 118 valence electrons. The van der Waals surface area contributed by atoms with Gasteiger partial charge in [-0.15, -0.1) is 0 Å². The van der Waals surface area contributed by atoms with Crippen molar-refractivity contribution >= 4 is 36.4 Å². The summed E-state index contributed by atoms with van der Waals surface area (Å²) in [6.07, 6.45) is 7.62. The first-order chi connectivity index (χ1) is 10.1. The maximum atomic E-state index is 10.9. The molecular weight excluding hydrogens is 397 g/mol. The quantitative estimate of drug-likeness (QED) is 0.259. The van der Waals surface area contributed by atoms with Crippen molar-refractivity contribution in [1.82, 2.24) is 5.32 Å². The summed E-state index contributed by atoms with van der Waals surface area (Å²) in [5.41, 5.74) is 2.18. The zero-order chi connectivity index (χ0) is 15.7. The third-order valence-corrected chi connectivity index (χ3v) is 5.14. The molecule has 3 nitrogen and oxygen atoms in total. The van der Waals surface area contributed by atoms with E-state index in [1.165, 1.54) is 5.57 Å². The second-order valence-electron chi connectivity index (χ2n) is 5.18. The molecule has 1 aliphatic rings. The highest BCUT2D eigenvalue weighted by Gasteiger charge is 2.27. The van der Waals surface area contributed by atoms with Crippen molar-refractivity contribution in [3.8, 4) is 0 Å². The number of ether oxygens (including phenoxy) is 1. The van der Waals surface area contributed by atoms with Gasteiger partial charge in [-0.1, -0.05) is 21.6 Å². The first-order valence-electron chi connectivity index (χ1n) is 7.20. The maximum absolute atomic E-state index is 10.9. The van der Waals surface area contributed by atoms with Crippen molar-refractivity contribution in [3.63, 3.8) is 0 Å². The van der Waals surface area contributed by atoms with Crippen LogP contribution in [-0.2, 0) is 9.53 Å². The summed E-state index contributed by atoms with van der Waals surface area (Å²) in [5, 5.41) is 3.38. The summed E-state index contributed by atoms with van der Waals surface area (Å²) in [5.74, 6) is 2.24. The molecule has 0 aromatic heterocycles. The lowest BCUT2D eigenvalue weighted by molar-refractivity contribution is -0.108. The van der Waals surface area contributed by atoms with Gasteiger partial charge in [0.1, 0.15) is 12.0 Å². The molecule has 1 unspecified atom stereocenters. The lowest BCUT2D eigenvalue weighted by Gasteiger charge is -2.32. The SMILES string of the molecule is C=C(C)NC1CC=C(/C(=C/C)OCCSI)C[C@@H]1CC=O. The van der Waals surface area contributed by atoms with Crippen molar-refractivity contribution in [3.05, 3.63) is 35.8 Å².